The molecular weight excluding hydrogens is 324 g/mol. The van der Waals surface area contributed by atoms with Crippen LogP contribution in [-0.4, -0.2) is 16.5 Å². The maximum atomic E-state index is 11.9. The molecular formula is C14H13BrN2OS. The van der Waals surface area contributed by atoms with Gasteiger partial charge in [0.2, 0.25) is 0 Å². The van der Waals surface area contributed by atoms with Gasteiger partial charge in [0.05, 0.1) is 5.75 Å². The first-order valence-corrected chi connectivity index (χ1v) is 7.52. The van der Waals surface area contributed by atoms with E-state index in [1.165, 1.54) is 11.8 Å². The molecule has 0 saturated carbocycles. The number of rotatable bonds is 5. The second kappa shape index (κ2) is 6.73. The lowest BCUT2D eigenvalue weighted by Gasteiger charge is -2.04. The Morgan fingerprint density at radius 1 is 1.32 bits per heavy atom. The summed E-state index contributed by atoms with van der Waals surface area (Å²) in [4.78, 5) is 17.0. The van der Waals surface area contributed by atoms with E-state index in [4.69, 9.17) is 5.73 Å². The number of nitrogens with zero attached hydrogens (tertiary/aromatic N) is 1. The summed E-state index contributed by atoms with van der Waals surface area (Å²) in [5.41, 5.74) is 6.51. The highest BCUT2D eigenvalue weighted by molar-refractivity contribution is 9.10. The zero-order valence-electron chi connectivity index (χ0n) is 10.2. The molecule has 0 aliphatic rings. The molecule has 5 heteroatoms. The molecule has 19 heavy (non-hydrogen) atoms. The topological polar surface area (TPSA) is 56.0 Å². The zero-order valence-corrected chi connectivity index (χ0v) is 12.6. The number of anilines is 1. The fraction of sp³-hybridized carbons (Fsp3) is 0.143. The Morgan fingerprint density at radius 2 is 2.16 bits per heavy atom. The van der Waals surface area contributed by atoms with Crippen molar-refractivity contribution in [2.45, 2.75) is 11.3 Å². The van der Waals surface area contributed by atoms with Crippen LogP contribution < -0.4 is 5.73 Å². The molecule has 1 aromatic carbocycles. The van der Waals surface area contributed by atoms with Crippen molar-refractivity contribution in [2.24, 2.45) is 0 Å². The molecule has 0 atom stereocenters. The van der Waals surface area contributed by atoms with E-state index < -0.39 is 0 Å². The molecule has 1 aromatic heterocycles. The lowest BCUT2D eigenvalue weighted by Crippen LogP contribution is -2.08. The smallest absolute Gasteiger partial charge is 0.147 e. The highest BCUT2D eigenvalue weighted by atomic mass is 79.9. The second-order valence-electron chi connectivity index (χ2n) is 4.01. The number of hydrogen-bond acceptors (Lipinski definition) is 4. The predicted molar refractivity (Wildman–Crippen MR) is 82.2 cm³/mol. The summed E-state index contributed by atoms with van der Waals surface area (Å²) in [5.74, 6) is 1.01. The second-order valence-corrected chi connectivity index (χ2v) is 5.97. The van der Waals surface area contributed by atoms with E-state index in [1.807, 2.05) is 30.3 Å². The minimum atomic E-state index is 0.143. The molecule has 0 amide bonds. The third kappa shape index (κ3) is 4.36. The summed E-state index contributed by atoms with van der Waals surface area (Å²) in [6.45, 7) is 0. The van der Waals surface area contributed by atoms with Crippen LogP contribution in [0, 0.1) is 0 Å². The number of pyridine rings is 1. The van der Waals surface area contributed by atoms with Crippen LogP contribution in [0.15, 0.2) is 52.0 Å². The van der Waals surface area contributed by atoms with Gasteiger partial charge < -0.3 is 5.73 Å². The van der Waals surface area contributed by atoms with Crippen LogP contribution >= 0.6 is 27.7 Å². The van der Waals surface area contributed by atoms with Gasteiger partial charge in [-0.3, -0.25) is 4.79 Å². The van der Waals surface area contributed by atoms with Crippen LogP contribution in [-0.2, 0) is 11.2 Å². The Morgan fingerprint density at radius 3 is 2.89 bits per heavy atom. The van der Waals surface area contributed by atoms with Crippen molar-refractivity contribution in [3.05, 3.63) is 52.6 Å². The molecule has 0 saturated heterocycles. The lowest BCUT2D eigenvalue weighted by molar-refractivity contribution is -0.116. The summed E-state index contributed by atoms with van der Waals surface area (Å²) in [6, 6.07) is 11.5. The molecule has 1 heterocycles. The summed E-state index contributed by atoms with van der Waals surface area (Å²) in [5, 5.41) is 0. The van der Waals surface area contributed by atoms with Crippen molar-refractivity contribution in [3.8, 4) is 0 Å². The SMILES string of the molecule is Nc1ncccc1CC(=O)CSc1cccc(Br)c1. The summed E-state index contributed by atoms with van der Waals surface area (Å²) >= 11 is 4.94. The molecule has 3 nitrogen and oxygen atoms in total. The minimum absolute atomic E-state index is 0.143. The van der Waals surface area contributed by atoms with E-state index in [9.17, 15) is 4.79 Å². The van der Waals surface area contributed by atoms with E-state index in [0.29, 0.717) is 18.0 Å². The molecule has 98 valence electrons. The van der Waals surface area contributed by atoms with Crippen molar-refractivity contribution >= 4 is 39.3 Å². The maximum Gasteiger partial charge on any atom is 0.147 e. The van der Waals surface area contributed by atoms with Gasteiger partial charge in [0.15, 0.2) is 0 Å². The summed E-state index contributed by atoms with van der Waals surface area (Å²) in [7, 11) is 0. The Labute approximate surface area is 124 Å². The standard InChI is InChI=1S/C14H13BrN2OS/c15-11-4-1-5-13(8-11)19-9-12(18)7-10-3-2-6-17-14(10)16/h1-6,8H,7,9H2,(H2,16,17). The number of hydrogen-bond donors (Lipinski definition) is 1. The number of thioether (sulfide) groups is 1. The number of carbonyl (C=O) groups is 1. The molecule has 0 spiro atoms. The quantitative estimate of drug-likeness (QED) is 0.851. The maximum absolute atomic E-state index is 11.9. The lowest BCUT2D eigenvalue weighted by atomic mass is 10.1. The molecule has 0 radical (unpaired) electrons. The van der Waals surface area contributed by atoms with Crippen molar-refractivity contribution < 1.29 is 4.79 Å². The van der Waals surface area contributed by atoms with Gasteiger partial charge >= 0.3 is 0 Å². The fourth-order valence-electron chi connectivity index (χ4n) is 1.58. The van der Waals surface area contributed by atoms with Crippen LogP contribution in [0.1, 0.15) is 5.56 Å². The third-order valence-electron chi connectivity index (χ3n) is 2.51. The molecule has 0 unspecified atom stereocenters. The van der Waals surface area contributed by atoms with Gasteiger partial charge in [-0.2, -0.15) is 0 Å². The van der Waals surface area contributed by atoms with Gasteiger partial charge in [-0.05, 0) is 24.3 Å². The number of nitrogen functional groups attached to an aromatic ring is 1. The van der Waals surface area contributed by atoms with E-state index in [-0.39, 0.29) is 5.78 Å². The largest absolute Gasteiger partial charge is 0.383 e. The van der Waals surface area contributed by atoms with Crippen LogP contribution in [0.2, 0.25) is 0 Å². The summed E-state index contributed by atoms with van der Waals surface area (Å²) < 4.78 is 1.02. The van der Waals surface area contributed by atoms with E-state index in [2.05, 4.69) is 20.9 Å². The average Bonchev–Trinajstić information content (AvgIpc) is 2.39. The van der Waals surface area contributed by atoms with E-state index >= 15 is 0 Å². The number of benzene rings is 1. The zero-order chi connectivity index (χ0) is 13.7. The van der Waals surface area contributed by atoms with Gasteiger partial charge in [-0.1, -0.05) is 28.1 Å². The van der Waals surface area contributed by atoms with Crippen molar-refractivity contribution in [1.29, 1.82) is 0 Å². The predicted octanol–water partition coefficient (Wildman–Crippen LogP) is 3.33. The van der Waals surface area contributed by atoms with Crippen molar-refractivity contribution in [3.63, 3.8) is 0 Å². The molecule has 0 aliphatic heterocycles. The summed E-state index contributed by atoms with van der Waals surface area (Å²) in [6.07, 6.45) is 1.96. The first kappa shape index (κ1) is 14.1. The first-order chi connectivity index (χ1) is 9.15. The van der Waals surface area contributed by atoms with Crippen molar-refractivity contribution in [1.82, 2.24) is 4.98 Å². The molecule has 0 bridgehead atoms. The Kier molecular flexibility index (Phi) is 4.99. The van der Waals surface area contributed by atoms with Gasteiger partial charge in [0, 0.05) is 27.5 Å². The van der Waals surface area contributed by atoms with Crippen LogP contribution in [0.4, 0.5) is 5.82 Å². The number of ketones is 1. The van der Waals surface area contributed by atoms with Crippen LogP contribution in [0.3, 0.4) is 0 Å². The van der Waals surface area contributed by atoms with Gasteiger partial charge in [0.1, 0.15) is 11.6 Å². The van der Waals surface area contributed by atoms with Gasteiger partial charge in [-0.15, -0.1) is 11.8 Å². The number of nitrogens with two attached hydrogens (primary N) is 1. The molecule has 2 rings (SSSR count). The molecule has 0 aliphatic carbocycles. The Balaban J connectivity index is 1.90. The number of aromatic nitrogens is 1. The number of halogens is 1. The molecule has 0 fully saturated rings. The molecule has 2 aromatic rings. The number of carbonyl (C=O) groups excluding carboxylic acids is 1. The normalized spacial score (nSPS) is 10.4. The monoisotopic (exact) mass is 336 g/mol. The third-order valence-corrected chi connectivity index (χ3v) is 4.06. The minimum Gasteiger partial charge on any atom is -0.383 e. The Hall–Kier alpha value is -1.33. The Bertz CT molecular complexity index is 589. The van der Waals surface area contributed by atoms with E-state index in [1.54, 1.807) is 12.3 Å². The van der Waals surface area contributed by atoms with Crippen LogP contribution in [0.25, 0.3) is 0 Å². The highest BCUT2D eigenvalue weighted by Gasteiger charge is 2.08. The highest BCUT2D eigenvalue weighted by Crippen LogP contribution is 2.22. The first-order valence-electron chi connectivity index (χ1n) is 5.74. The van der Waals surface area contributed by atoms with Crippen LogP contribution in [0.5, 0.6) is 0 Å². The number of Topliss-reactive ketones (excluding diaryl/α,β-unsaturated/α-hetero) is 1. The van der Waals surface area contributed by atoms with Gasteiger partial charge in [-0.25, -0.2) is 4.98 Å². The van der Waals surface area contributed by atoms with E-state index in [0.717, 1.165) is 14.9 Å². The average molecular weight is 337 g/mol. The molecule has 2 N–H and O–H groups in total. The van der Waals surface area contributed by atoms with Gasteiger partial charge in [0.25, 0.3) is 0 Å². The fourth-order valence-corrected chi connectivity index (χ4v) is 2.95. The van der Waals surface area contributed by atoms with Crippen molar-refractivity contribution in [2.75, 3.05) is 11.5 Å².